The van der Waals surface area contributed by atoms with Gasteiger partial charge in [-0.3, -0.25) is 4.98 Å². The Labute approximate surface area is 77.4 Å². The molecule has 2 heterocycles. The van der Waals surface area contributed by atoms with E-state index in [9.17, 15) is 4.79 Å². The molecule has 2 aromatic heterocycles. The fourth-order valence-electron chi connectivity index (χ4n) is 0.874. The molecule has 0 unspecified atom stereocenters. The minimum atomic E-state index is -0.550. The van der Waals surface area contributed by atoms with Gasteiger partial charge in [-0.15, -0.1) is 0 Å². The third-order valence-electron chi connectivity index (χ3n) is 1.36. The van der Waals surface area contributed by atoms with Crippen molar-refractivity contribution >= 4 is 11.6 Å². The average Bonchev–Trinajstić information content (AvgIpc) is 2.53. The second kappa shape index (κ2) is 3.02. The summed E-state index contributed by atoms with van der Waals surface area (Å²) in [6.45, 7) is 0. The summed E-state index contributed by atoms with van der Waals surface area (Å²) in [5.74, 6) is 0.590. The third-order valence-corrected chi connectivity index (χ3v) is 1.54. The topological polar surface area (TPSA) is 71.8 Å². The Morgan fingerprint density at radius 3 is 2.92 bits per heavy atom. The van der Waals surface area contributed by atoms with Crippen molar-refractivity contribution < 1.29 is 4.42 Å². The lowest BCUT2D eigenvalue weighted by Gasteiger charge is -1.93. The quantitative estimate of drug-likeness (QED) is 0.743. The molecule has 1 N–H and O–H groups in total. The zero-order valence-corrected chi connectivity index (χ0v) is 7.08. The Hall–Kier alpha value is -1.62. The van der Waals surface area contributed by atoms with E-state index in [1.165, 1.54) is 6.26 Å². The number of nitrogens with zero attached hydrogens (tertiary/aromatic N) is 2. The predicted octanol–water partition coefficient (Wildman–Crippen LogP) is 1.08. The van der Waals surface area contributed by atoms with Crippen LogP contribution >= 0.6 is 11.6 Å². The number of nitrogens with one attached hydrogen (secondary N) is 1. The van der Waals surface area contributed by atoms with E-state index in [1.807, 2.05) is 0 Å². The standard InChI is InChI=1S/C7H4ClN3O2/c8-6-9-5(10-7(12)11-6)4-2-1-3-13-4/h1-3H,(H,9,10,11,12). The highest BCUT2D eigenvalue weighted by molar-refractivity contribution is 6.28. The summed E-state index contributed by atoms with van der Waals surface area (Å²) >= 11 is 5.52. The second-order valence-corrected chi connectivity index (χ2v) is 2.60. The van der Waals surface area contributed by atoms with Crippen LogP contribution in [0.4, 0.5) is 0 Å². The van der Waals surface area contributed by atoms with Crippen LogP contribution in [0.15, 0.2) is 27.6 Å². The van der Waals surface area contributed by atoms with E-state index in [4.69, 9.17) is 16.0 Å². The molecule has 66 valence electrons. The van der Waals surface area contributed by atoms with Gasteiger partial charge in [-0.1, -0.05) is 0 Å². The normalized spacial score (nSPS) is 10.2. The number of hydrogen-bond donors (Lipinski definition) is 1. The predicted molar refractivity (Wildman–Crippen MR) is 45.4 cm³/mol. The number of H-pyrrole nitrogens is 1. The largest absolute Gasteiger partial charge is 0.461 e. The lowest BCUT2D eigenvalue weighted by Crippen LogP contribution is -2.12. The first-order chi connectivity index (χ1) is 6.25. The molecule has 2 aromatic rings. The highest BCUT2D eigenvalue weighted by Crippen LogP contribution is 2.13. The van der Waals surface area contributed by atoms with Crippen molar-refractivity contribution in [1.82, 2.24) is 15.0 Å². The molecule has 0 saturated heterocycles. The maximum Gasteiger partial charge on any atom is 0.349 e. The van der Waals surface area contributed by atoms with E-state index in [0.29, 0.717) is 5.76 Å². The zero-order chi connectivity index (χ0) is 9.26. The molecule has 0 aromatic carbocycles. The molecule has 0 aliphatic heterocycles. The molecular weight excluding hydrogens is 194 g/mol. The molecule has 0 radical (unpaired) electrons. The molecule has 2 rings (SSSR count). The van der Waals surface area contributed by atoms with Crippen molar-refractivity contribution in [3.63, 3.8) is 0 Å². The first kappa shape index (κ1) is 8.00. The summed E-state index contributed by atoms with van der Waals surface area (Å²) in [6.07, 6.45) is 1.47. The molecule has 13 heavy (non-hydrogen) atoms. The van der Waals surface area contributed by atoms with E-state index >= 15 is 0 Å². The van der Waals surface area contributed by atoms with Crippen LogP contribution in [0.3, 0.4) is 0 Å². The molecule has 0 saturated carbocycles. The number of aromatic nitrogens is 3. The van der Waals surface area contributed by atoms with Gasteiger partial charge >= 0.3 is 5.69 Å². The van der Waals surface area contributed by atoms with Crippen molar-refractivity contribution in [2.45, 2.75) is 0 Å². The molecule has 6 heteroatoms. The molecule has 0 spiro atoms. The molecule has 0 aliphatic rings. The van der Waals surface area contributed by atoms with Gasteiger partial charge in [0, 0.05) is 0 Å². The van der Waals surface area contributed by atoms with Crippen LogP contribution in [0.5, 0.6) is 0 Å². The fraction of sp³-hybridized carbons (Fsp3) is 0. The minimum Gasteiger partial charge on any atom is -0.461 e. The first-order valence-electron chi connectivity index (χ1n) is 3.43. The van der Waals surface area contributed by atoms with Gasteiger partial charge in [0.1, 0.15) is 0 Å². The number of aromatic amines is 1. The van der Waals surface area contributed by atoms with Crippen LogP contribution in [0.2, 0.25) is 5.28 Å². The monoisotopic (exact) mass is 197 g/mol. The van der Waals surface area contributed by atoms with Crippen LogP contribution in [-0.4, -0.2) is 15.0 Å². The number of rotatable bonds is 1. The van der Waals surface area contributed by atoms with E-state index in [2.05, 4.69) is 15.0 Å². The number of halogens is 1. The Bertz CT molecular complexity index is 463. The van der Waals surface area contributed by atoms with Gasteiger partial charge in [-0.05, 0) is 23.7 Å². The first-order valence-corrected chi connectivity index (χ1v) is 3.81. The third kappa shape index (κ3) is 1.59. The van der Waals surface area contributed by atoms with E-state index in [1.54, 1.807) is 12.1 Å². The Morgan fingerprint density at radius 1 is 1.46 bits per heavy atom. The van der Waals surface area contributed by atoms with Crippen LogP contribution in [-0.2, 0) is 0 Å². The maximum absolute atomic E-state index is 10.9. The SMILES string of the molecule is O=c1nc(-c2ccco2)nc(Cl)[nH]1. The Kier molecular flexibility index (Phi) is 1.86. The van der Waals surface area contributed by atoms with E-state index in [-0.39, 0.29) is 11.1 Å². The summed E-state index contributed by atoms with van der Waals surface area (Å²) in [5.41, 5.74) is -0.550. The van der Waals surface area contributed by atoms with Gasteiger partial charge in [0.05, 0.1) is 6.26 Å². The van der Waals surface area contributed by atoms with Crippen molar-refractivity contribution in [2.75, 3.05) is 0 Å². The van der Waals surface area contributed by atoms with Crippen LogP contribution in [0.25, 0.3) is 11.6 Å². The van der Waals surface area contributed by atoms with Gasteiger partial charge in [0.25, 0.3) is 0 Å². The average molecular weight is 198 g/mol. The van der Waals surface area contributed by atoms with Gasteiger partial charge in [-0.2, -0.15) is 9.97 Å². The summed E-state index contributed by atoms with van der Waals surface area (Å²) in [6, 6.07) is 3.32. The fourth-order valence-corrected chi connectivity index (χ4v) is 1.04. The molecular formula is C7H4ClN3O2. The molecule has 0 fully saturated rings. The molecule has 0 bridgehead atoms. The Morgan fingerprint density at radius 2 is 2.31 bits per heavy atom. The lowest BCUT2D eigenvalue weighted by molar-refractivity contribution is 0.576. The molecule has 0 atom stereocenters. The van der Waals surface area contributed by atoms with Gasteiger partial charge in [0.2, 0.25) is 11.1 Å². The van der Waals surface area contributed by atoms with Crippen molar-refractivity contribution in [2.24, 2.45) is 0 Å². The number of hydrogen-bond acceptors (Lipinski definition) is 4. The summed E-state index contributed by atoms with van der Waals surface area (Å²) in [5, 5.41) is -0.00796. The molecule has 0 amide bonds. The smallest absolute Gasteiger partial charge is 0.349 e. The zero-order valence-electron chi connectivity index (χ0n) is 6.32. The highest BCUT2D eigenvalue weighted by Gasteiger charge is 2.05. The van der Waals surface area contributed by atoms with Crippen molar-refractivity contribution in [3.05, 3.63) is 34.2 Å². The van der Waals surface area contributed by atoms with E-state index < -0.39 is 5.69 Å². The van der Waals surface area contributed by atoms with Crippen LogP contribution in [0.1, 0.15) is 0 Å². The van der Waals surface area contributed by atoms with Crippen LogP contribution in [0, 0.1) is 0 Å². The minimum absolute atomic E-state index is 0.00796. The summed E-state index contributed by atoms with van der Waals surface area (Å²) < 4.78 is 4.99. The molecule has 0 aliphatic carbocycles. The van der Waals surface area contributed by atoms with E-state index in [0.717, 1.165) is 0 Å². The van der Waals surface area contributed by atoms with Gasteiger partial charge < -0.3 is 4.42 Å². The van der Waals surface area contributed by atoms with Crippen molar-refractivity contribution in [1.29, 1.82) is 0 Å². The number of furan rings is 1. The maximum atomic E-state index is 10.9. The van der Waals surface area contributed by atoms with Crippen molar-refractivity contribution in [3.8, 4) is 11.6 Å². The summed E-state index contributed by atoms with van der Waals surface area (Å²) in [7, 11) is 0. The second-order valence-electron chi connectivity index (χ2n) is 2.25. The van der Waals surface area contributed by atoms with Crippen LogP contribution < -0.4 is 5.69 Å². The van der Waals surface area contributed by atoms with Gasteiger partial charge in [-0.25, -0.2) is 4.79 Å². The summed E-state index contributed by atoms with van der Waals surface area (Å²) in [4.78, 5) is 20.4. The Balaban J connectivity index is 2.59. The van der Waals surface area contributed by atoms with Gasteiger partial charge in [0.15, 0.2) is 5.76 Å². The lowest BCUT2D eigenvalue weighted by atomic mass is 10.4. The highest BCUT2D eigenvalue weighted by atomic mass is 35.5. The molecule has 5 nitrogen and oxygen atoms in total.